The van der Waals surface area contributed by atoms with Gasteiger partial charge in [-0.2, -0.15) is 0 Å². The molecule has 1 aromatic rings. The number of anilines is 1. The molecule has 10 heteroatoms. The van der Waals surface area contributed by atoms with E-state index >= 15 is 0 Å². The van der Waals surface area contributed by atoms with E-state index in [0.29, 0.717) is 4.47 Å². The summed E-state index contributed by atoms with van der Waals surface area (Å²) in [5, 5.41) is 13.5. The standard InChI is InChI=1S/C8H11BrN4O4S/c1-18(16,17)12-3-2-11-8-6(9)4-10-5-7(8)13(14)15/h4-5,12H,2-3H2,1H3,(H,10,11). The van der Waals surface area contributed by atoms with Crippen LogP contribution in [0.2, 0.25) is 0 Å². The quantitative estimate of drug-likeness (QED) is 0.448. The molecule has 0 aliphatic rings. The van der Waals surface area contributed by atoms with Crippen molar-refractivity contribution in [1.82, 2.24) is 9.71 Å². The molecule has 0 spiro atoms. The molecule has 100 valence electrons. The second kappa shape index (κ2) is 6.07. The van der Waals surface area contributed by atoms with Gasteiger partial charge in [-0.05, 0) is 15.9 Å². The first-order valence-electron chi connectivity index (χ1n) is 4.77. The lowest BCUT2D eigenvalue weighted by molar-refractivity contribution is -0.384. The van der Waals surface area contributed by atoms with Crippen molar-refractivity contribution >= 4 is 37.3 Å². The third-order valence-electron chi connectivity index (χ3n) is 1.87. The molecule has 0 radical (unpaired) electrons. The summed E-state index contributed by atoms with van der Waals surface area (Å²) in [4.78, 5) is 13.9. The maximum Gasteiger partial charge on any atom is 0.311 e. The first-order valence-corrected chi connectivity index (χ1v) is 7.46. The van der Waals surface area contributed by atoms with Gasteiger partial charge in [-0.15, -0.1) is 0 Å². The van der Waals surface area contributed by atoms with Crippen molar-refractivity contribution in [3.05, 3.63) is 27.0 Å². The first-order chi connectivity index (χ1) is 8.31. The van der Waals surface area contributed by atoms with Crippen LogP contribution in [0, 0.1) is 10.1 Å². The van der Waals surface area contributed by atoms with Crippen LogP contribution in [0.1, 0.15) is 0 Å². The fraction of sp³-hybridized carbons (Fsp3) is 0.375. The summed E-state index contributed by atoms with van der Waals surface area (Å²) in [7, 11) is -3.26. The summed E-state index contributed by atoms with van der Waals surface area (Å²) in [6, 6.07) is 0. The molecule has 18 heavy (non-hydrogen) atoms. The molecule has 0 aliphatic carbocycles. The van der Waals surface area contributed by atoms with Gasteiger partial charge in [-0.1, -0.05) is 0 Å². The fourth-order valence-electron chi connectivity index (χ4n) is 1.16. The second-order valence-corrected chi connectivity index (χ2v) is 6.05. The van der Waals surface area contributed by atoms with Crippen LogP contribution < -0.4 is 10.0 Å². The molecular weight excluding hydrogens is 328 g/mol. The van der Waals surface area contributed by atoms with Crippen molar-refractivity contribution < 1.29 is 13.3 Å². The molecule has 0 bridgehead atoms. The van der Waals surface area contributed by atoms with Crippen LogP contribution in [0.15, 0.2) is 16.9 Å². The molecule has 0 fully saturated rings. The van der Waals surface area contributed by atoms with E-state index in [0.717, 1.165) is 12.5 Å². The van der Waals surface area contributed by atoms with Crippen LogP contribution in [0.4, 0.5) is 11.4 Å². The molecule has 0 aliphatic heterocycles. The number of sulfonamides is 1. The minimum atomic E-state index is -3.26. The Labute approximate surface area is 112 Å². The lowest BCUT2D eigenvalue weighted by Crippen LogP contribution is -2.27. The molecular formula is C8H11BrN4O4S. The number of halogens is 1. The Bertz CT molecular complexity index is 548. The zero-order valence-corrected chi connectivity index (χ0v) is 11.8. The average Bonchev–Trinajstić information content (AvgIpc) is 2.24. The molecule has 0 aromatic carbocycles. The monoisotopic (exact) mass is 338 g/mol. The number of hydrogen-bond donors (Lipinski definition) is 2. The largest absolute Gasteiger partial charge is 0.377 e. The summed E-state index contributed by atoms with van der Waals surface area (Å²) in [6.07, 6.45) is 3.58. The molecule has 0 saturated heterocycles. The highest BCUT2D eigenvalue weighted by molar-refractivity contribution is 9.10. The van der Waals surface area contributed by atoms with E-state index in [9.17, 15) is 18.5 Å². The van der Waals surface area contributed by atoms with Crippen molar-refractivity contribution in [1.29, 1.82) is 0 Å². The van der Waals surface area contributed by atoms with Gasteiger partial charge in [0.25, 0.3) is 0 Å². The van der Waals surface area contributed by atoms with E-state index in [1.165, 1.54) is 6.20 Å². The number of hydrogen-bond acceptors (Lipinski definition) is 6. The molecule has 1 aromatic heterocycles. The third kappa shape index (κ3) is 4.55. The average molecular weight is 339 g/mol. The minimum Gasteiger partial charge on any atom is -0.377 e. The smallest absolute Gasteiger partial charge is 0.311 e. The molecule has 0 amide bonds. The lowest BCUT2D eigenvalue weighted by Gasteiger charge is -2.08. The van der Waals surface area contributed by atoms with Gasteiger partial charge in [-0.25, -0.2) is 13.1 Å². The van der Waals surface area contributed by atoms with Gasteiger partial charge >= 0.3 is 5.69 Å². The first kappa shape index (κ1) is 14.8. The fourth-order valence-corrected chi connectivity index (χ4v) is 2.10. The Morgan fingerprint density at radius 2 is 2.11 bits per heavy atom. The highest BCUT2D eigenvalue weighted by atomic mass is 79.9. The zero-order valence-electron chi connectivity index (χ0n) is 9.38. The van der Waals surface area contributed by atoms with Crippen molar-refractivity contribution in [3.63, 3.8) is 0 Å². The summed E-state index contributed by atoms with van der Waals surface area (Å²) in [5.74, 6) is 0. The summed E-state index contributed by atoms with van der Waals surface area (Å²) >= 11 is 3.14. The van der Waals surface area contributed by atoms with E-state index in [2.05, 4.69) is 31.0 Å². The maximum absolute atomic E-state index is 10.8. The van der Waals surface area contributed by atoms with Crippen molar-refractivity contribution in [2.24, 2.45) is 0 Å². The molecule has 0 unspecified atom stereocenters. The number of nitrogens with one attached hydrogen (secondary N) is 2. The van der Waals surface area contributed by atoms with Crippen molar-refractivity contribution in [3.8, 4) is 0 Å². The Morgan fingerprint density at radius 3 is 2.67 bits per heavy atom. The Balaban J connectivity index is 2.70. The molecule has 1 heterocycles. The summed E-state index contributed by atoms with van der Waals surface area (Å²) in [5.41, 5.74) is 0.0917. The lowest BCUT2D eigenvalue weighted by atomic mass is 10.3. The third-order valence-corrected chi connectivity index (χ3v) is 3.20. The molecule has 2 N–H and O–H groups in total. The van der Waals surface area contributed by atoms with E-state index in [1.54, 1.807) is 0 Å². The van der Waals surface area contributed by atoms with Crippen molar-refractivity contribution in [2.45, 2.75) is 0 Å². The van der Waals surface area contributed by atoms with Gasteiger partial charge in [0.15, 0.2) is 0 Å². The number of nitro groups is 1. The van der Waals surface area contributed by atoms with Crippen LogP contribution >= 0.6 is 15.9 Å². The zero-order chi connectivity index (χ0) is 13.8. The number of pyridine rings is 1. The molecule has 8 nitrogen and oxygen atoms in total. The van der Waals surface area contributed by atoms with Crippen LogP contribution in [0.3, 0.4) is 0 Å². The highest BCUT2D eigenvalue weighted by Crippen LogP contribution is 2.30. The topological polar surface area (TPSA) is 114 Å². The number of rotatable bonds is 6. The minimum absolute atomic E-state index is 0.130. The van der Waals surface area contributed by atoms with E-state index < -0.39 is 14.9 Å². The highest BCUT2D eigenvalue weighted by Gasteiger charge is 2.16. The Kier molecular flexibility index (Phi) is 4.99. The van der Waals surface area contributed by atoms with E-state index in [4.69, 9.17) is 0 Å². The SMILES string of the molecule is CS(=O)(=O)NCCNc1c(Br)cncc1[N+](=O)[O-]. The van der Waals surface area contributed by atoms with Gasteiger partial charge in [0, 0.05) is 19.3 Å². The maximum atomic E-state index is 10.8. The van der Waals surface area contributed by atoms with Gasteiger partial charge in [0.1, 0.15) is 11.9 Å². The van der Waals surface area contributed by atoms with E-state index in [1.807, 2.05) is 0 Å². The van der Waals surface area contributed by atoms with Crippen LogP contribution in [-0.4, -0.2) is 37.7 Å². The number of nitrogens with zero attached hydrogens (tertiary/aromatic N) is 2. The molecule has 0 saturated carbocycles. The van der Waals surface area contributed by atoms with E-state index in [-0.39, 0.29) is 24.5 Å². The van der Waals surface area contributed by atoms with Crippen LogP contribution in [0.25, 0.3) is 0 Å². The van der Waals surface area contributed by atoms with Gasteiger partial charge < -0.3 is 5.32 Å². The number of aromatic nitrogens is 1. The predicted molar refractivity (Wildman–Crippen MR) is 69.9 cm³/mol. The van der Waals surface area contributed by atoms with Gasteiger partial charge in [0.05, 0.1) is 15.7 Å². The van der Waals surface area contributed by atoms with Gasteiger partial charge in [0.2, 0.25) is 10.0 Å². The van der Waals surface area contributed by atoms with Crippen molar-refractivity contribution in [2.75, 3.05) is 24.7 Å². The molecule has 1 rings (SSSR count). The predicted octanol–water partition coefficient (Wildman–Crippen LogP) is 0.713. The summed E-state index contributed by atoms with van der Waals surface area (Å²) < 4.78 is 24.3. The normalized spacial score (nSPS) is 11.2. The van der Waals surface area contributed by atoms with Crippen LogP contribution in [0.5, 0.6) is 0 Å². The molecule has 0 atom stereocenters. The second-order valence-electron chi connectivity index (χ2n) is 3.37. The van der Waals surface area contributed by atoms with Gasteiger partial charge in [-0.3, -0.25) is 15.1 Å². The Morgan fingerprint density at radius 1 is 1.44 bits per heavy atom. The summed E-state index contributed by atoms with van der Waals surface area (Å²) in [6.45, 7) is 0.348. The Hall–Kier alpha value is -1.26. The van der Waals surface area contributed by atoms with Crippen LogP contribution in [-0.2, 0) is 10.0 Å².